The van der Waals surface area contributed by atoms with E-state index in [4.69, 9.17) is 11.6 Å². The highest BCUT2D eigenvalue weighted by Gasteiger charge is 2.10. The minimum atomic E-state index is -0.185. The molecule has 6 heteroatoms. The van der Waals surface area contributed by atoms with Crippen LogP contribution in [-0.4, -0.2) is 22.9 Å². The third kappa shape index (κ3) is 3.81. The van der Waals surface area contributed by atoms with Gasteiger partial charge in [0.15, 0.2) is 0 Å². The number of nitrogens with zero attached hydrogens (tertiary/aromatic N) is 2. The molecule has 0 radical (unpaired) electrons. The second kappa shape index (κ2) is 7.25. The fourth-order valence-corrected chi connectivity index (χ4v) is 2.69. The number of benzene rings is 2. The molecule has 3 rings (SSSR count). The highest BCUT2D eigenvalue weighted by atomic mass is 16.1. The molecule has 0 fully saturated rings. The van der Waals surface area contributed by atoms with Crippen molar-refractivity contribution in [2.24, 2.45) is 11.6 Å². The van der Waals surface area contributed by atoms with Crippen LogP contribution in [0.15, 0.2) is 60.9 Å². The largest absolute Gasteiger partial charge is 0.397 e. The molecule has 6 nitrogen and oxygen atoms in total. The standard InChI is InChI=1S/C20H21N5O.H2/c1-13-5-3-4-6-17(13)20(26)24-19-10-16-9-14(18(21)12-25(2)22)7-8-15(16)11-23-19;/h3-12H,21-22H2,1-2H3,(H,23,24,26);1H/b18-12-;. The van der Waals surface area contributed by atoms with Crippen LogP contribution in [0.3, 0.4) is 0 Å². The summed E-state index contributed by atoms with van der Waals surface area (Å²) >= 11 is 0. The maximum Gasteiger partial charge on any atom is 0.257 e. The molecule has 0 saturated carbocycles. The molecule has 1 amide bonds. The van der Waals surface area contributed by atoms with Gasteiger partial charge in [0.1, 0.15) is 5.82 Å². The van der Waals surface area contributed by atoms with Crippen molar-refractivity contribution in [1.82, 2.24) is 9.99 Å². The molecular formula is C20H23N5O. The molecule has 0 aliphatic carbocycles. The minimum absolute atomic E-state index is 0. The van der Waals surface area contributed by atoms with Gasteiger partial charge in [-0.15, -0.1) is 0 Å². The van der Waals surface area contributed by atoms with Crippen LogP contribution in [0.5, 0.6) is 0 Å². The fourth-order valence-electron chi connectivity index (χ4n) is 2.69. The van der Waals surface area contributed by atoms with Crippen molar-refractivity contribution >= 4 is 28.2 Å². The normalized spacial score (nSPS) is 11.4. The Hall–Kier alpha value is -3.38. The number of hydrogen-bond donors (Lipinski definition) is 3. The van der Waals surface area contributed by atoms with Crippen LogP contribution in [0.1, 0.15) is 22.9 Å². The number of amides is 1. The lowest BCUT2D eigenvalue weighted by atomic mass is 10.1. The molecule has 134 valence electrons. The summed E-state index contributed by atoms with van der Waals surface area (Å²) < 4.78 is 0. The summed E-state index contributed by atoms with van der Waals surface area (Å²) in [5.74, 6) is 5.91. The number of anilines is 1. The average Bonchev–Trinajstić information content (AvgIpc) is 2.60. The van der Waals surface area contributed by atoms with Gasteiger partial charge in [-0.05, 0) is 41.6 Å². The van der Waals surface area contributed by atoms with Crippen LogP contribution in [0.4, 0.5) is 5.82 Å². The van der Waals surface area contributed by atoms with Crippen molar-refractivity contribution in [3.05, 3.63) is 77.6 Å². The number of nitrogens with two attached hydrogens (primary N) is 2. The van der Waals surface area contributed by atoms with Crippen LogP contribution in [-0.2, 0) is 0 Å². The molecule has 0 unspecified atom stereocenters. The number of hydrazine groups is 1. The first-order chi connectivity index (χ1) is 12.4. The van der Waals surface area contributed by atoms with E-state index >= 15 is 0 Å². The molecular weight excluding hydrogens is 326 g/mol. The van der Waals surface area contributed by atoms with E-state index in [0.717, 1.165) is 21.9 Å². The van der Waals surface area contributed by atoms with Crippen LogP contribution in [0.2, 0.25) is 0 Å². The maximum atomic E-state index is 12.5. The lowest BCUT2D eigenvalue weighted by molar-refractivity contribution is 0.102. The zero-order chi connectivity index (χ0) is 18.7. The van der Waals surface area contributed by atoms with Crippen LogP contribution < -0.4 is 16.9 Å². The van der Waals surface area contributed by atoms with Gasteiger partial charge in [0.25, 0.3) is 5.91 Å². The van der Waals surface area contributed by atoms with E-state index in [2.05, 4.69) is 10.3 Å². The molecule has 0 aliphatic heterocycles. The zero-order valence-electron chi connectivity index (χ0n) is 14.7. The number of fused-ring (bicyclic) bond motifs is 1. The Morgan fingerprint density at radius 1 is 1.19 bits per heavy atom. The molecule has 0 atom stereocenters. The van der Waals surface area contributed by atoms with Gasteiger partial charge in [0.05, 0.1) is 5.70 Å². The van der Waals surface area contributed by atoms with Gasteiger partial charge in [-0.25, -0.2) is 10.8 Å². The smallest absolute Gasteiger partial charge is 0.257 e. The van der Waals surface area contributed by atoms with Gasteiger partial charge in [-0.1, -0.05) is 30.3 Å². The van der Waals surface area contributed by atoms with Crippen LogP contribution in [0.25, 0.3) is 16.5 Å². The van der Waals surface area contributed by atoms with Gasteiger partial charge in [0, 0.05) is 31.8 Å². The van der Waals surface area contributed by atoms with E-state index in [1.807, 2.05) is 49.4 Å². The van der Waals surface area contributed by atoms with E-state index in [9.17, 15) is 4.79 Å². The third-order valence-corrected chi connectivity index (χ3v) is 4.03. The van der Waals surface area contributed by atoms with E-state index < -0.39 is 0 Å². The molecule has 0 spiro atoms. The quantitative estimate of drug-likeness (QED) is 0.497. The Balaban J connectivity index is 0.00000261. The average molecular weight is 349 g/mol. The number of carbonyl (C=O) groups excluding carboxylic acids is 1. The first-order valence-electron chi connectivity index (χ1n) is 8.16. The molecule has 26 heavy (non-hydrogen) atoms. The number of hydrogen-bond acceptors (Lipinski definition) is 5. The van der Waals surface area contributed by atoms with Gasteiger partial charge in [0.2, 0.25) is 0 Å². The van der Waals surface area contributed by atoms with Crippen molar-refractivity contribution in [2.75, 3.05) is 12.4 Å². The third-order valence-electron chi connectivity index (χ3n) is 4.03. The number of aryl methyl sites for hydroxylation is 1. The van der Waals surface area contributed by atoms with E-state index in [1.54, 1.807) is 25.5 Å². The second-order valence-corrected chi connectivity index (χ2v) is 6.15. The van der Waals surface area contributed by atoms with Gasteiger partial charge in [-0.3, -0.25) is 4.79 Å². The highest BCUT2D eigenvalue weighted by Crippen LogP contribution is 2.21. The minimum Gasteiger partial charge on any atom is -0.397 e. The van der Waals surface area contributed by atoms with Crippen molar-refractivity contribution < 1.29 is 6.22 Å². The molecule has 0 bridgehead atoms. The van der Waals surface area contributed by atoms with Gasteiger partial charge >= 0.3 is 0 Å². The Bertz CT molecular complexity index is 1000. The zero-order valence-corrected chi connectivity index (χ0v) is 14.7. The number of carbonyl (C=O) groups is 1. The summed E-state index contributed by atoms with van der Waals surface area (Å²) in [5.41, 5.74) is 8.99. The summed E-state index contributed by atoms with van der Waals surface area (Å²) in [4.78, 5) is 16.8. The second-order valence-electron chi connectivity index (χ2n) is 6.15. The van der Waals surface area contributed by atoms with Crippen molar-refractivity contribution in [3.63, 3.8) is 0 Å². The van der Waals surface area contributed by atoms with E-state index in [0.29, 0.717) is 17.1 Å². The van der Waals surface area contributed by atoms with Crippen molar-refractivity contribution in [2.45, 2.75) is 6.92 Å². The number of rotatable bonds is 4. The van der Waals surface area contributed by atoms with Crippen molar-refractivity contribution in [1.29, 1.82) is 0 Å². The molecule has 2 aromatic carbocycles. The van der Waals surface area contributed by atoms with Crippen molar-refractivity contribution in [3.8, 4) is 0 Å². The van der Waals surface area contributed by atoms with E-state index in [-0.39, 0.29) is 7.33 Å². The number of nitrogens with one attached hydrogen (secondary N) is 1. The SMILES string of the molecule is Cc1ccccc1C(=O)Nc1cc2cc(/C(N)=C/N(C)N)ccc2cn1.[HH]. The molecule has 0 aliphatic rings. The lowest BCUT2D eigenvalue weighted by Gasteiger charge is -2.10. The topological polar surface area (TPSA) is 97.3 Å². The molecule has 5 N–H and O–H groups in total. The molecule has 1 heterocycles. The summed E-state index contributed by atoms with van der Waals surface area (Å²) in [6.45, 7) is 1.90. The summed E-state index contributed by atoms with van der Waals surface area (Å²) in [7, 11) is 1.71. The summed E-state index contributed by atoms with van der Waals surface area (Å²) in [6, 6.07) is 15.0. The summed E-state index contributed by atoms with van der Waals surface area (Å²) in [5, 5.41) is 6.13. The maximum absolute atomic E-state index is 12.5. The highest BCUT2D eigenvalue weighted by molar-refractivity contribution is 6.05. The lowest BCUT2D eigenvalue weighted by Crippen LogP contribution is -2.20. The first-order valence-corrected chi connectivity index (χ1v) is 8.16. The predicted octanol–water partition coefficient (Wildman–Crippen LogP) is 3.10. The Kier molecular flexibility index (Phi) is 4.86. The van der Waals surface area contributed by atoms with Gasteiger partial charge < -0.3 is 16.1 Å². The Morgan fingerprint density at radius 3 is 2.69 bits per heavy atom. The van der Waals surface area contributed by atoms with Crippen LogP contribution >= 0.6 is 0 Å². The predicted molar refractivity (Wildman–Crippen MR) is 107 cm³/mol. The number of pyridine rings is 1. The molecule has 1 aromatic heterocycles. The number of aromatic nitrogens is 1. The Morgan fingerprint density at radius 2 is 1.96 bits per heavy atom. The first kappa shape index (κ1) is 17.4. The monoisotopic (exact) mass is 349 g/mol. The van der Waals surface area contributed by atoms with E-state index in [1.165, 1.54) is 5.01 Å². The molecule has 0 saturated heterocycles. The van der Waals surface area contributed by atoms with Crippen LogP contribution in [0, 0.1) is 6.92 Å². The Labute approximate surface area is 153 Å². The fraction of sp³-hybridized carbons (Fsp3) is 0.100. The molecule has 3 aromatic rings. The van der Waals surface area contributed by atoms with Gasteiger partial charge in [-0.2, -0.15) is 0 Å². The summed E-state index contributed by atoms with van der Waals surface area (Å²) in [6.07, 6.45) is 3.37.